The van der Waals surface area contributed by atoms with Crippen LogP contribution < -0.4 is 0 Å². The number of methoxy groups -OCH3 is 1. The van der Waals surface area contributed by atoms with Gasteiger partial charge in [0.2, 0.25) is 0 Å². The van der Waals surface area contributed by atoms with Crippen LogP contribution in [-0.2, 0) is 19.6 Å². The van der Waals surface area contributed by atoms with Crippen LogP contribution in [-0.4, -0.2) is 38.2 Å². The molecule has 0 bridgehead atoms. The average Bonchev–Trinajstić information content (AvgIpc) is 1.98. The summed E-state index contributed by atoms with van der Waals surface area (Å²) in [6, 6.07) is 0. The molecule has 0 aliphatic rings. The standard InChI is InChI=1S/C7H16O5S/c1-4-7(13(8,9)10)12-6(2)5-11-3/h6-7H,4-5H2,1-3H3,(H,8,9,10). The Kier molecular flexibility index (Phi) is 5.46. The molecule has 0 spiro atoms. The molecule has 0 amide bonds. The van der Waals surface area contributed by atoms with Crippen LogP contribution in [0.1, 0.15) is 20.3 Å². The van der Waals surface area contributed by atoms with Gasteiger partial charge in [-0.1, -0.05) is 6.92 Å². The normalized spacial score (nSPS) is 16.9. The van der Waals surface area contributed by atoms with E-state index < -0.39 is 15.6 Å². The largest absolute Gasteiger partial charge is 0.382 e. The van der Waals surface area contributed by atoms with Gasteiger partial charge in [0.15, 0.2) is 5.44 Å². The van der Waals surface area contributed by atoms with Crippen molar-refractivity contribution < 1.29 is 22.4 Å². The second-order valence-electron chi connectivity index (χ2n) is 2.75. The van der Waals surface area contributed by atoms with Crippen molar-refractivity contribution in [3.63, 3.8) is 0 Å². The zero-order valence-electron chi connectivity index (χ0n) is 8.06. The van der Waals surface area contributed by atoms with E-state index in [1.807, 2.05) is 0 Å². The maximum atomic E-state index is 10.7. The Hall–Kier alpha value is -0.170. The molecule has 0 saturated carbocycles. The second-order valence-corrected chi connectivity index (χ2v) is 4.31. The van der Waals surface area contributed by atoms with Crippen molar-refractivity contribution in [2.45, 2.75) is 31.8 Å². The molecule has 0 saturated heterocycles. The maximum absolute atomic E-state index is 10.7. The van der Waals surface area contributed by atoms with Crippen LogP contribution in [0.15, 0.2) is 0 Å². The van der Waals surface area contributed by atoms with Crippen molar-refractivity contribution >= 4 is 10.1 Å². The summed E-state index contributed by atoms with van der Waals surface area (Å²) in [5, 5.41) is 0. The quantitative estimate of drug-likeness (QED) is 0.655. The highest BCUT2D eigenvalue weighted by Gasteiger charge is 2.23. The fourth-order valence-corrected chi connectivity index (χ4v) is 1.66. The zero-order chi connectivity index (χ0) is 10.5. The molecule has 0 aromatic carbocycles. The van der Waals surface area contributed by atoms with Gasteiger partial charge in [-0.3, -0.25) is 4.55 Å². The molecule has 0 aromatic heterocycles. The highest BCUT2D eigenvalue weighted by atomic mass is 32.2. The molecule has 2 unspecified atom stereocenters. The summed E-state index contributed by atoms with van der Waals surface area (Å²) in [6.07, 6.45) is -0.135. The summed E-state index contributed by atoms with van der Waals surface area (Å²) in [5.74, 6) is 0. The molecule has 0 rings (SSSR count). The number of rotatable bonds is 6. The molecule has 80 valence electrons. The predicted molar refractivity (Wildman–Crippen MR) is 48.1 cm³/mol. The summed E-state index contributed by atoms with van der Waals surface area (Å²) in [6.45, 7) is 3.60. The first-order valence-electron chi connectivity index (χ1n) is 4.02. The van der Waals surface area contributed by atoms with Gasteiger partial charge < -0.3 is 9.47 Å². The first-order valence-corrected chi connectivity index (χ1v) is 5.52. The van der Waals surface area contributed by atoms with E-state index in [4.69, 9.17) is 14.0 Å². The minimum atomic E-state index is -4.11. The van der Waals surface area contributed by atoms with Crippen molar-refractivity contribution in [2.75, 3.05) is 13.7 Å². The molecule has 0 aliphatic heterocycles. The Morgan fingerprint density at radius 3 is 2.31 bits per heavy atom. The summed E-state index contributed by atoms with van der Waals surface area (Å²) >= 11 is 0. The predicted octanol–water partition coefficient (Wildman–Crippen LogP) is 0.662. The lowest BCUT2D eigenvalue weighted by Crippen LogP contribution is -2.29. The third kappa shape index (κ3) is 5.20. The van der Waals surface area contributed by atoms with E-state index >= 15 is 0 Å². The van der Waals surface area contributed by atoms with E-state index in [1.165, 1.54) is 7.11 Å². The summed E-state index contributed by atoms with van der Waals surface area (Å²) < 4.78 is 39.9. The molecule has 0 heterocycles. The third-order valence-electron chi connectivity index (χ3n) is 1.45. The van der Waals surface area contributed by atoms with Gasteiger partial charge in [0, 0.05) is 7.11 Å². The van der Waals surface area contributed by atoms with E-state index in [-0.39, 0.29) is 12.5 Å². The van der Waals surface area contributed by atoms with Gasteiger partial charge in [-0.25, -0.2) is 0 Å². The molecule has 2 atom stereocenters. The Labute approximate surface area is 78.8 Å². The fourth-order valence-electron chi connectivity index (χ4n) is 0.910. The third-order valence-corrected chi connectivity index (χ3v) is 2.56. The number of hydrogen-bond acceptors (Lipinski definition) is 4. The Morgan fingerprint density at radius 1 is 1.46 bits per heavy atom. The van der Waals surface area contributed by atoms with Crippen LogP contribution in [0.4, 0.5) is 0 Å². The van der Waals surface area contributed by atoms with Crippen LogP contribution >= 0.6 is 0 Å². The van der Waals surface area contributed by atoms with Crippen molar-refractivity contribution in [3.8, 4) is 0 Å². The molecule has 0 aromatic rings. The molecular formula is C7H16O5S. The summed E-state index contributed by atoms with van der Waals surface area (Å²) in [4.78, 5) is 0. The lowest BCUT2D eigenvalue weighted by molar-refractivity contribution is -0.0107. The summed E-state index contributed by atoms with van der Waals surface area (Å²) in [7, 11) is -2.61. The van der Waals surface area contributed by atoms with Gasteiger partial charge in [0.05, 0.1) is 12.7 Å². The molecule has 0 fully saturated rings. The van der Waals surface area contributed by atoms with Crippen molar-refractivity contribution in [3.05, 3.63) is 0 Å². The molecule has 0 radical (unpaired) electrons. The van der Waals surface area contributed by atoms with Crippen LogP contribution in [0.25, 0.3) is 0 Å². The van der Waals surface area contributed by atoms with Gasteiger partial charge in [-0.05, 0) is 13.3 Å². The van der Waals surface area contributed by atoms with E-state index in [0.29, 0.717) is 6.61 Å². The molecule has 13 heavy (non-hydrogen) atoms. The Balaban J connectivity index is 4.14. The summed E-state index contributed by atoms with van der Waals surface area (Å²) in [5.41, 5.74) is -1.15. The van der Waals surface area contributed by atoms with Crippen molar-refractivity contribution in [2.24, 2.45) is 0 Å². The zero-order valence-corrected chi connectivity index (χ0v) is 8.87. The van der Waals surface area contributed by atoms with Gasteiger partial charge in [-0.15, -0.1) is 0 Å². The van der Waals surface area contributed by atoms with Gasteiger partial charge >= 0.3 is 0 Å². The lowest BCUT2D eigenvalue weighted by atomic mass is 10.4. The Bertz CT molecular complexity index is 223. The number of ether oxygens (including phenoxy) is 2. The molecule has 0 aliphatic carbocycles. The van der Waals surface area contributed by atoms with E-state index in [0.717, 1.165) is 0 Å². The Morgan fingerprint density at radius 2 is 2.00 bits per heavy atom. The van der Waals surface area contributed by atoms with Crippen LogP contribution in [0, 0.1) is 0 Å². The molecule has 5 nitrogen and oxygen atoms in total. The van der Waals surface area contributed by atoms with Crippen LogP contribution in [0.3, 0.4) is 0 Å². The van der Waals surface area contributed by atoms with E-state index in [2.05, 4.69) is 0 Å². The lowest BCUT2D eigenvalue weighted by Gasteiger charge is -2.18. The molecular weight excluding hydrogens is 196 g/mol. The average molecular weight is 212 g/mol. The SMILES string of the molecule is CCC(OC(C)COC)S(=O)(=O)O. The minimum Gasteiger partial charge on any atom is -0.382 e. The topological polar surface area (TPSA) is 72.8 Å². The monoisotopic (exact) mass is 212 g/mol. The van der Waals surface area contributed by atoms with Gasteiger partial charge in [-0.2, -0.15) is 8.42 Å². The first kappa shape index (κ1) is 12.8. The van der Waals surface area contributed by atoms with E-state index in [1.54, 1.807) is 13.8 Å². The van der Waals surface area contributed by atoms with E-state index in [9.17, 15) is 8.42 Å². The second kappa shape index (κ2) is 5.54. The maximum Gasteiger partial charge on any atom is 0.292 e. The van der Waals surface area contributed by atoms with Crippen LogP contribution in [0.2, 0.25) is 0 Å². The van der Waals surface area contributed by atoms with Crippen molar-refractivity contribution in [1.29, 1.82) is 0 Å². The fraction of sp³-hybridized carbons (Fsp3) is 1.00. The highest BCUT2D eigenvalue weighted by Crippen LogP contribution is 2.08. The number of hydrogen-bond donors (Lipinski definition) is 1. The smallest absolute Gasteiger partial charge is 0.292 e. The minimum absolute atomic E-state index is 0.215. The van der Waals surface area contributed by atoms with Gasteiger partial charge in [0.1, 0.15) is 0 Å². The molecule has 1 N–H and O–H groups in total. The van der Waals surface area contributed by atoms with Gasteiger partial charge in [0.25, 0.3) is 10.1 Å². The first-order chi connectivity index (χ1) is 5.91. The highest BCUT2D eigenvalue weighted by molar-refractivity contribution is 7.86. The van der Waals surface area contributed by atoms with Crippen molar-refractivity contribution in [1.82, 2.24) is 0 Å². The molecule has 6 heteroatoms. The van der Waals surface area contributed by atoms with Crippen LogP contribution in [0.5, 0.6) is 0 Å².